The molecule has 16 heavy (non-hydrogen) atoms. The molecule has 2 aliphatic rings. The van der Waals surface area contributed by atoms with Crippen molar-refractivity contribution in [3.8, 4) is 0 Å². The molecule has 1 aliphatic heterocycles. The Kier molecular flexibility index (Phi) is 2.21. The van der Waals surface area contributed by atoms with Crippen LogP contribution in [0.3, 0.4) is 0 Å². The van der Waals surface area contributed by atoms with Gasteiger partial charge in [0.25, 0.3) is 0 Å². The monoisotopic (exact) mass is 218 g/mol. The number of carboxylic acid groups (broad SMARTS) is 1. The third-order valence-corrected chi connectivity index (χ3v) is 3.54. The van der Waals surface area contributed by atoms with Crippen molar-refractivity contribution in [1.29, 1.82) is 0 Å². The molecule has 1 aromatic carbocycles. The second kappa shape index (κ2) is 3.59. The van der Waals surface area contributed by atoms with Crippen LogP contribution in [0.1, 0.15) is 29.0 Å². The van der Waals surface area contributed by atoms with Crippen LogP contribution in [0.5, 0.6) is 0 Å². The van der Waals surface area contributed by atoms with Crippen molar-refractivity contribution in [3.05, 3.63) is 34.9 Å². The van der Waals surface area contributed by atoms with E-state index in [1.54, 1.807) is 0 Å². The lowest BCUT2D eigenvalue weighted by Gasteiger charge is -2.17. The molecule has 0 unspecified atom stereocenters. The molecule has 1 N–H and O–H groups in total. The van der Waals surface area contributed by atoms with Gasteiger partial charge in [0.1, 0.15) is 0 Å². The van der Waals surface area contributed by atoms with Gasteiger partial charge in [0.05, 0.1) is 19.1 Å². The van der Waals surface area contributed by atoms with Gasteiger partial charge in [0, 0.05) is 0 Å². The van der Waals surface area contributed by atoms with E-state index in [1.165, 1.54) is 16.7 Å². The standard InChI is InChI=1S/C13H14O3/c14-13(15)12-6-11(12)9-1-2-10-7-16-4-3-8(10)5-9/h1-2,5,11-12H,3-4,6-7H2,(H,14,15)/t11-,12+/m0/s1. The summed E-state index contributed by atoms with van der Waals surface area (Å²) >= 11 is 0. The summed E-state index contributed by atoms with van der Waals surface area (Å²) in [4.78, 5) is 10.8. The zero-order valence-corrected chi connectivity index (χ0v) is 8.98. The van der Waals surface area contributed by atoms with Gasteiger partial charge in [-0.2, -0.15) is 0 Å². The lowest BCUT2D eigenvalue weighted by atomic mass is 9.98. The van der Waals surface area contributed by atoms with Crippen LogP contribution in [0, 0.1) is 5.92 Å². The lowest BCUT2D eigenvalue weighted by Crippen LogP contribution is -2.10. The molecule has 2 atom stereocenters. The maximum Gasteiger partial charge on any atom is 0.307 e. The van der Waals surface area contributed by atoms with Crippen LogP contribution in [-0.2, 0) is 22.6 Å². The number of hydrogen-bond donors (Lipinski definition) is 1. The van der Waals surface area contributed by atoms with Crippen molar-refractivity contribution < 1.29 is 14.6 Å². The SMILES string of the molecule is O=C(O)[C@@H]1C[C@H]1c1ccc2c(c1)CCOC2. The Morgan fingerprint density at radius 1 is 1.38 bits per heavy atom. The Morgan fingerprint density at radius 2 is 2.25 bits per heavy atom. The molecule has 3 heteroatoms. The van der Waals surface area contributed by atoms with Crippen molar-refractivity contribution in [1.82, 2.24) is 0 Å². The molecule has 0 spiro atoms. The van der Waals surface area contributed by atoms with E-state index in [1.807, 2.05) is 0 Å². The fourth-order valence-corrected chi connectivity index (χ4v) is 2.45. The van der Waals surface area contributed by atoms with Crippen molar-refractivity contribution in [2.75, 3.05) is 6.61 Å². The molecular formula is C13H14O3. The first-order valence-corrected chi connectivity index (χ1v) is 5.68. The summed E-state index contributed by atoms with van der Waals surface area (Å²) in [6.07, 6.45) is 1.75. The first kappa shape index (κ1) is 9.85. The van der Waals surface area contributed by atoms with Gasteiger partial charge in [-0.3, -0.25) is 4.79 Å². The first-order chi connectivity index (χ1) is 7.75. The Balaban J connectivity index is 1.85. The number of rotatable bonds is 2. The Bertz CT molecular complexity index is 439. The smallest absolute Gasteiger partial charge is 0.307 e. The van der Waals surface area contributed by atoms with Gasteiger partial charge in [-0.15, -0.1) is 0 Å². The normalized spacial score (nSPS) is 27.2. The molecule has 3 nitrogen and oxygen atoms in total. The molecule has 1 saturated carbocycles. The van der Waals surface area contributed by atoms with Gasteiger partial charge >= 0.3 is 5.97 Å². The zero-order chi connectivity index (χ0) is 11.1. The second-order valence-electron chi connectivity index (χ2n) is 4.62. The lowest BCUT2D eigenvalue weighted by molar-refractivity contribution is -0.138. The summed E-state index contributed by atoms with van der Waals surface area (Å²) < 4.78 is 5.38. The molecule has 0 aromatic heterocycles. The number of hydrogen-bond acceptors (Lipinski definition) is 2. The molecule has 1 aromatic rings. The van der Waals surface area contributed by atoms with E-state index < -0.39 is 5.97 Å². The number of benzene rings is 1. The maximum absolute atomic E-state index is 10.8. The van der Waals surface area contributed by atoms with Crippen molar-refractivity contribution in [2.24, 2.45) is 5.92 Å². The zero-order valence-electron chi connectivity index (χ0n) is 8.98. The number of fused-ring (bicyclic) bond motifs is 1. The molecule has 84 valence electrons. The van der Waals surface area contributed by atoms with E-state index in [0.29, 0.717) is 6.61 Å². The van der Waals surface area contributed by atoms with Crippen molar-refractivity contribution in [3.63, 3.8) is 0 Å². The highest BCUT2D eigenvalue weighted by molar-refractivity contribution is 5.75. The van der Waals surface area contributed by atoms with Gasteiger partial charge < -0.3 is 9.84 Å². The van der Waals surface area contributed by atoms with Crippen molar-refractivity contribution >= 4 is 5.97 Å². The van der Waals surface area contributed by atoms with E-state index in [2.05, 4.69) is 18.2 Å². The molecular weight excluding hydrogens is 204 g/mol. The minimum absolute atomic E-state index is 0.155. The minimum atomic E-state index is -0.661. The van der Waals surface area contributed by atoms with Crippen LogP contribution < -0.4 is 0 Å². The van der Waals surface area contributed by atoms with Crippen LogP contribution in [0.2, 0.25) is 0 Å². The summed E-state index contributed by atoms with van der Waals surface area (Å²) in [7, 11) is 0. The molecule has 0 bridgehead atoms. The molecule has 0 amide bonds. The Hall–Kier alpha value is -1.35. The molecule has 1 fully saturated rings. The number of aliphatic carboxylic acids is 1. The molecule has 1 heterocycles. The molecule has 3 rings (SSSR count). The third-order valence-electron chi connectivity index (χ3n) is 3.54. The van der Waals surface area contributed by atoms with Crippen LogP contribution in [0.25, 0.3) is 0 Å². The summed E-state index contributed by atoms with van der Waals surface area (Å²) in [5, 5.41) is 8.90. The van der Waals surface area contributed by atoms with Crippen LogP contribution in [0.15, 0.2) is 18.2 Å². The van der Waals surface area contributed by atoms with Crippen LogP contribution in [-0.4, -0.2) is 17.7 Å². The number of ether oxygens (including phenoxy) is 1. The summed E-state index contributed by atoms with van der Waals surface area (Å²) in [6.45, 7) is 1.48. The average Bonchev–Trinajstić information content (AvgIpc) is 3.08. The van der Waals surface area contributed by atoms with Crippen LogP contribution in [0.4, 0.5) is 0 Å². The summed E-state index contributed by atoms with van der Waals surface area (Å²) in [5.41, 5.74) is 3.77. The third kappa shape index (κ3) is 1.61. The Labute approximate surface area is 94.0 Å². The van der Waals surface area contributed by atoms with E-state index in [0.717, 1.165) is 19.4 Å². The van der Waals surface area contributed by atoms with Gasteiger partial charge in [0.2, 0.25) is 0 Å². The predicted octanol–water partition coefficient (Wildman–Crippen LogP) is 1.95. The molecule has 0 saturated heterocycles. The van der Waals surface area contributed by atoms with Gasteiger partial charge in [0.15, 0.2) is 0 Å². The van der Waals surface area contributed by atoms with E-state index in [9.17, 15) is 4.79 Å². The first-order valence-electron chi connectivity index (χ1n) is 5.68. The highest BCUT2D eigenvalue weighted by atomic mass is 16.5. The fourth-order valence-electron chi connectivity index (χ4n) is 2.45. The highest BCUT2D eigenvalue weighted by Crippen LogP contribution is 2.47. The molecule has 0 radical (unpaired) electrons. The largest absolute Gasteiger partial charge is 0.481 e. The maximum atomic E-state index is 10.8. The molecule has 1 aliphatic carbocycles. The summed E-state index contributed by atoms with van der Waals surface area (Å²) in [5.74, 6) is -0.574. The topological polar surface area (TPSA) is 46.5 Å². The van der Waals surface area contributed by atoms with Gasteiger partial charge in [-0.25, -0.2) is 0 Å². The van der Waals surface area contributed by atoms with E-state index in [-0.39, 0.29) is 11.8 Å². The Morgan fingerprint density at radius 3 is 3.00 bits per heavy atom. The number of carbonyl (C=O) groups is 1. The minimum Gasteiger partial charge on any atom is -0.481 e. The van der Waals surface area contributed by atoms with Crippen LogP contribution >= 0.6 is 0 Å². The van der Waals surface area contributed by atoms with Gasteiger partial charge in [-0.05, 0) is 35.4 Å². The van der Waals surface area contributed by atoms with Crippen molar-refractivity contribution in [2.45, 2.75) is 25.4 Å². The highest BCUT2D eigenvalue weighted by Gasteiger charge is 2.44. The summed E-state index contributed by atoms with van der Waals surface area (Å²) in [6, 6.07) is 6.31. The van der Waals surface area contributed by atoms with Gasteiger partial charge in [-0.1, -0.05) is 18.2 Å². The second-order valence-corrected chi connectivity index (χ2v) is 4.62. The van der Waals surface area contributed by atoms with E-state index in [4.69, 9.17) is 9.84 Å². The fraction of sp³-hybridized carbons (Fsp3) is 0.462. The quantitative estimate of drug-likeness (QED) is 0.825. The van der Waals surface area contributed by atoms with E-state index >= 15 is 0 Å². The number of carboxylic acids is 1. The predicted molar refractivity (Wildman–Crippen MR) is 58.3 cm³/mol. The average molecular weight is 218 g/mol.